The summed E-state index contributed by atoms with van der Waals surface area (Å²) >= 11 is 0. The van der Waals surface area contributed by atoms with Crippen molar-refractivity contribution in [2.45, 2.75) is 68.7 Å². The summed E-state index contributed by atoms with van der Waals surface area (Å²) in [4.78, 5) is 1.63. The lowest BCUT2D eigenvalue weighted by Gasteiger charge is -2.37. The van der Waals surface area contributed by atoms with Gasteiger partial charge < -0.3 is 10.2 Å². The lowest BCUT2D eigenvalue weighted by atomic mass is 9.95. The van der Waals surface area contributed by atoms with E-state index >= 15 is 4.39 Å². The molecule has 0 bridgehead atoms. The van der Waals surface area contributed by atoms with E-state index in [9.17, 15) is 23.0 Å². The van der Waals surface area contributed by atoms with Gasteiger partial charge in [0.2, 0.25) is 10.0 Å². The van der Waals surface area contributed by atoms with E-state index in [1.807, 2.05) is 0 Å². The van der Waals surface area contributed by atoms with Crippen LogP contribution >= 0.6 is 0 Å². The van der Waals surface area contributed by atoms with Gasteiger partial charge in [0.25, 0.3) is 0 Å². The average Bonchev–Trinajstić information content (AvgIpc) is 3.53. The standard InChI is InChI=1S/C24H30F2N2O4S/c1-24(2,30)23(29)28-12-11-20(27-33(31,32)18-9-10-18)21(28)14-16-6-4-8-19(22(16)26)15-5-3-7-17(25)13-15/h3-8,13,18,20-21,23,27,29-30H,9-12,14H2,1-2H3/t20-,21-,23-/m0/s1. The van der Waals surface area contributed by atoms with Gasteiger partial charge in [-0.2, -0.15) is 0 Å². The maximum atomic E-state index is 15.5. The zero-order valence-electron chi connectivity index (χ0n) is 18.7. The SMILES string of the molecule is CC(C)(O)[C@H](O)N1CC[C@H](NS(=O)(=O)C2CC2)[C@@H]1Cc1cccc(-c2cccc(F)c2)c1F. The molecular weight excluding hydrogens is 450 g/mol. The fourth-order valence-corrected chi connectivity index (χ4v) is 6.16. The molecule has 0 radical (unpaired) electrons. The number of sulfonamides is 1. The van der Waals surface area contributed by atoms with Crippen molar-refractivity contribution < 1.29 is 27.4 Å². The van der Waals surface area contributed by atoms with Crippen molar-refractivity contribution in [2.24, 2.45) is 0 Å². The van der Waals surface area contributed by atoms with Crippen molar-refractivity contribution in [3.8, 4) is 11.1 Å². The summed E-state index contributed by atoms with van der Waals surface area (Å²) < 4.78 is 57.2. The molecule has 4 rings (SSSR count). The fourth-order valence-electron chi connectivity index (χ4n) is 4.51. The van der Waals surface area contributed by atoms with Crippen LogP contribution in [-0.4, -0.2) is 59.2 Å². The molecule has 180 valence electrons. The minimum atomic E-state index is -3.50. The minimum absolute atomic E-state index is 0.111. The molecule has 3 atom stereocenters. The Balaban J connectivity index is 1.66. The molecule has 2 aromatic carbocycles. The van der Waals surface area contributed by atoms with E-state index in [-0.39, 0.29) is 12.0 Å². The minimum Gasteiger partial charge on any atom is -0.386 e. The molecule has 1 aliphatic heterocycles. The molecule has 0 aromatic heterocycles. The second kappa shape index (κ2) is 9.03. The smallest absolute Gasteiger partial charge is 0.214 e. The predicted molar refractivity (Wildman–Crippen MR) is 122 cm³/mol. The molecule has 3 N–H and O–H groups in total. The van der Waals surface area contributed by atoms with Gasteiger partial charge in [-0.1, -0.05) is 30.3 Å². The zero-order chi connectivity index (χ0) is 24.0. The monoisotopic (exact) mass is 480 g/mol. The number of likely N-dealkylation sites (tertiary alicyclic amines) is 1. The van der Waals surface area contributed by atoms with Crippen molar-refractivity contribution in [1.82, 2.24) is 9.62 Å². The largest absolute Gasteiger partial charge is 0.386 e. The third-order valence-corrected chi connectivity index (χ3v) is 8.44. The Hall–Kier alpha value is -1.91. The van der Waals surface area contributed by atoms with E-state index in [0.717, 1.165) is 0 Å². The molecule has 6 nitrogen and oxygen atoms in total. The Bertz CT molecular complexity index is 1120. The summed E-state index contributed by atoms with van der Waals surface area (Å²) in [5, 5.41) is 20.7. The molecule has 33 heavy (non-hydrogen) atoms. The van der Waals surface area contributed by atoms with E-state index in [0.29, 0.717) is 36.9 Å². The second-order valence-corrected chi connectivity index (χ2v) is 11.6. The Morgan fingerprint density at radius 1 is 1.15 bits per heavy atom. The van der Waals surface area contributed by atoms with E-state index in [2.05, 4.69) is 4.72 Å². The van der Waals surface area contributed by atoms with Crippen LogP contribution in [0.15, 0.2) is 42.5 Å². The number of benzene rings is 2. The van der Waals surface area contributed by atoms with Crippen LogP contribution in [0.4, 0.5) is 8.78 Å². The average molecular weight is 481 g/mol. The Morgan fingerprint density at radius 2 is 1.85 bits per heavy atom. The number of nitrogens with one attached hydrogen (secondary N) is 1. The number of rotatable bonds is 8. The highest BCUT2D eigenvalue weighted by atomic mass is 32.2. The lowest BCUT2D eigenvalue weighted by Crippen LogP contribution is -2.55. The van der Waals surface area contributed by atoms with Crippen LogP contribution in [0.1, 0.15) is 38.7 Å². The maximum absolute atomic E-state index is 15.5. The van der Waals surface area contributed by atoms with Gasteiger partial charge in [-0.3, -0.25) is 4.90 Å². The number of hydrogen-bond acceptors (Lipinski definition) is 5. The van der Waals surface area contributed by atoms with Gasteiger partial charge >= 0.3 is 0 Å². The highest BCUT2D eigenvalue weighted by Gasteiger charge is 2.45. The topological polar surface area (TPSA) is 89.9 Å². The highest BCUT2D eigenvalue weighted by molar-refractivity contribution is 7.90. The molecule has 0 unspecified atom stereocenters. The molecule has 2 aromatic rings. The Morgan fingerprint density at radius 3 is 2.48 bits per heavy atom. The molecule has 1 heterocycles. The summed E-state index contributed by atoms with van der Waals surface area (Å²) in [5.41, 5.74) is -0.480. The summed E-state index contributed by atoms with van der Waals surface area (Å²) in [6.45, 7) is 3.29. The number of hydrogen-bond donors (Lipinski definition) is 3. The number of nitrogens with zero attached hydrogens (tertiary/aromatic N) is 1. The van der Waals surface area contributed by atoms with Crippen LogP contribution in [0.2, 0.25) is 0 Å². The lowest BCUT2D eigenvalue weighted by molar-refractivity contribution is -0.136. The van der Waals surface area contributed by atoms with Crippen LogP contribution in [0.5, 0.6) is 0 Å². The van der Waals surface area contributed by atoms with Gasteiger partial charge in [-0.05, 0) is 62.8 Å². The summed E-state index contributed by atoms with van der Waals surface area (Å²) in [6.07, 6.45) is 0.516. The molecule has 0 spiro atoms. The number of aliphatic hydroxyl groups excluding tert-OH is 1. The second-order valence-electron chi connectivity index (χ2n) is 9.58. The highest BCUT2D eigenvalue weighted by Crippen LogP contribution is 2.33. The fraction of sp³-hybridized carbons (Fsp3) is 0.500. The van der Waals surface area contributed by atoms with Gasteiger partial charge in [0.15, 0.2) is 0 Å². The summed E-state index contributed by atoms with van der Waals surface area (Å²) in [5.74, 6) is -0.987. The van der Waals surface area contributed by atoms with Crippen molar-refractivity contribution >= 4 is 10.0 Å². The van der Waals surface area contributed by atoms with E-state index in [1.165, 1.54) is 32.0 Å². The van der Waals surface area contributed by atoms with E-state index < -0.39 is 50.8 Å². The third-order valence-electron chi connectivity index (χ3n) is 6.46. The molecule has 1 saturated heterocycles. The first kappa shape index (κ1) is 24.2. The zero-order valence-corrected chi connectivity index (χ0v) is 19.5. The molecule has 1 saturated carbocycles. The van der Waals surface area contributed by atoms with Crippen LogP contribution in [0, 0.1) is 11.6 Å². The molecule has 1 aliphatic carbocycles. The van der Waals surface area contributed by atoms with Gasteiger partial charge in [0, 0.05) is 24.2 Å². The summed E-state index contributed by atoms with van der Waals surface area (Å²) in [6, 6.07) is 9.42. The molecule has 9 heteroatoms. The summed E-state index contributed by atoms with van der Waals surface area (Å²) in [7, 11) is -3.50. The Kier molecular flexibility index (Phi) is 6.63. The third kappa shape index (κ3) is 5.27. The van der Waals surface area contributed by atoms with Gasteiger partial charge in [0.1, 0.15) is 17.9 Å². The van der Waals surface area contributed by atoms with Gasteiger partial charge in [0.05, 0.1) is 10.9 Å². The van der Waals surface area contributed by atoms with Gasteiger partial charge in [-0.15, -0.1) is 0 Å². The molecule has 2 aliphatic rings. The van der Waals surface area contributed by atoms with Crippen molar-refractivity contribution in [3.63, 3.8) is 0 Å². The predicted octanol–water partition coefficient (Wildman–Crippen LogP) is 2.79. The Labute approximate surface area is 193 Å². The first-order chi connectivity index (χ1) is 15.5. The van der Waals surface area contributed by atoms with Crippen LogP contribution in [0.3, 0.4) is 0 Å². The van der Waals surface area contributed by atoms with Gasteiger partial charge in [-0.25, -0.2) is 21.9 Å². The number of aliphatic hydroxyl groups is 2. The van der Waals surface area contributed by atoms with Crippen molar-refractivity contribution in [2.75, 3.05) is 6.54 Å². The van der Waals surface area contributed by atoms with E-state index in [4.69, 9.17) is 0 Å². The van der Waals surface area contributed by atoms with Crippen molar-refractivity contribution in [1.29, 1.82) is 0 Å². The molecular formula is C24H30F2N2O4S. The number of halogens is 2. The van der Waals surface area contributed by atoms with Crippen LogP contribution in [-0.2, 0) is 16.4 Å². The molecule has 2 fully saturated rings. The normalized spacial score (nSPS) is 23.1. The first-order valence-corrected chi connectivity index (χ1v) is 12.7. The van der Waals surface area contributed by atoms with Crippen LogP contribution < -0.4 is 4.72 Å². The van der Waals surface area contributed by atoms with Crippen LogP contribution in [0.25, 0.3) is 11.1 Å². The maximum Gasteiger partial charge on any atom is 0.214 e. The van der Waals surface area contributed by atoms with E-state index in [1.54, 1.807) is 29.2 Å². The first-order valence-electron chi connectivity index (χ1n) is 11.2. The molecule has 0 amide bonds. The van der Waals surface area contributed by atoms with Crippen molar-refractivity contribution in [3.05, 3.63) is 59.7 Å². The quantitative estimate of drug-likeness (QED) is 0.541.